The molecule has 1 aliphatic rings. The number of nitrogens with zero attached hydrogens (tertiary/aromatic N) is 1. The first-order valence-corrected chi connectivity index (χ1v) is 11.0. The number of ether oxygens (including phenoxy) is 1. The molecule has 0 aromatic heterocycles. The van der Waals surface area contributed by atoms with E-state index in [1.54, 1.807) is 12.1 Å². The molecular formula is C18H29N3O3S2. The highest BCUT2D eigenvalue weighted by Crippen LogP contribution is 2.19. The van der Waals surface area contributed by atoms with Crippen LogP contribution in [0, 0.1) is 0 Å². The molecule has 0 saturated carbocycles. The summed E-state index contributed by atoms with van der Waals surface area (Å²) < 4.78 is 32.1. The van der Waals surface area contributed by atoms with Gasteiger partial charge in [0.2, 0.25) is 10.0 Å². The normalized spacial score (nSPS) is 18.7. The van der Waals surface area contributed by atoms with Gasteiger partial charge in [-0.05, 0) is 49.7 Å². The molecule has 2 rings (SSSR count). The van der Waals surface area contributed by atoms with Crippen LogP contribution in [0.1, 0.15) is 45.2 Å². The number of hydrogen-bond acceptors (Lipinski definition) is 4. The molecule has 0 radical (unpaired) electrons. The fourth-order valence-corrected chi connectivity index (χ4v) is 4.70. The highest BCUT2D eigenvalue weighted by atomic mass is 32.2. The Labute approximate surface area is 162 Å². The smallest absolute Gasteiger partial charge is 0.243 e. The van der Waals surface area contributed by atoms with Crippen LogP contribution in [0.4, 0.5) is 0 Å². The van der Waals surface area contributed by atoms with Gasteiger partial charge < -0.3 is 15.4 Å². The van der Waals surface area contributed by atoms with Crippen LogP contribution in [0.5, 0.6) is 0 Å². The van der Waals surface area contributed by atoms with Crippen molar-refractivity contribution in [2.45, 2.75) is 50.7 Å². The Bertz CT molecular complexity index is 682. The fraction of sp³-hybridized carbons (Fsp3) is 0.611. The first-order chi connectivity index (χ1) is 12.4. The van der Waals surface area contributed by atoms with Gasteiger partial charge in [0.05, 0.1) is 17.0 Å². The first-order valence-electron chi connectivity index (χ1n) is 9.14. The number of nitrogens with one attached hydrogen (secondary N) is 2. The molecule has 1 aromatic rings. The van der Waals surface area contributed by atoms with Crippen molar-refractivity contribution in [3.8, 4) is 0 Å². The summed E-state index contributed by atoms with van der Waals surface area (Å²) in [7, 11) is -3.42. The fourth-order valence-electron chi connectivity index (χ4n) is 2.98. The van der Waals surface area contributed by atoms with E-state index in [0.29, 0.717) is 29.6 Å². The van der Waals surface area contributed by atoms with E-state index in [1.807, 2.05) is 32.9 Å². The Kier molecular flexibility index (Phi) is 7.82. The third-order valence-electron chi connectivity index (χ3n) is 4.59. The van der Waals surface area contributed by atoms with Crippen LogP contribution < -0.4 is 10.6 Å². The Morgan fingerprint density at radius 1 is 1.31 bits per heavy atom. The van der Waals surface area contributed by atoms with Gasteiger partial charge >= 0.3 is 0 Å². The molecule has 26 heavy (non-hydrogen) atoms. The molecular weight excluding hydrogens is 370 g/mol. The molecule has 0 aliphatic carbocycles. The van der Waals surface area contributed by atoms with Crippen LogP contribution in [-0.4, -0.2) is 50.2 Å². The second-order valence-corrected chi connectivity index (χ2v) is 8.72. The van der Waals surface area contributed by atoms with E-state index >= 15 is 0 Å². The topological polar surface area (TPSA) is 70.7 Å². The Balaban J connectivity index is 1.93. The maximum Gasteiger partial charge on any atom is 0.243 e. The molecule has 1 aromatic carbocycles. The van der Waals surface area contributed by atoms with Gasteiger partial charge in [0, 0.05) is 26.2 Å². The van der Waals surface area contributed by atoms with E-state index in [2.05, 4.69) is 10.6 Å². The minimum Gasteiger partial charge on any atom is -0.376 e. The minimum absolute atomic E-state index is 0.0234. The van der Waals surface area contributed by atoms with Gasteiger partial charge in [-0.25, -0.2) is 8.42 Å². The lowest BCUT2D eigenvalue weighted by atomic mass is 10.1. The van der Waals surface area contributed by atoms with Gasteiger partial charge in [-0.3, -0.25) is 0 Å². The Morgan fingerprint density at radius 2 is 1.96 bits per heavy atom. The van der Waals surface area contributed by atoms with E-state index in [4.69, 9.17) is 17.0 Å². The zero-order valence-electron chi connectivity index (χ0n) is 15.7. The Hall–Kier alpha value is -1.22. The average Bonchev–Trinajstić information content (AvgIpc) is 3.14. The van der Waals surface area contributed by atoms with E-state index in [9.17, 15) is 8.42 Å². The van der Waals surface area contributed by atoms with Crippen molar-refractivity contribution in [3.63, 3.8) is 0 Å². The number of benzene rings is 1. The van der Waals surface area contributed by atoms with Crippen molar-refractivity contribution in [2.24, 2.45) is 0 Å². The van der Waals surface area contributed by atoms with Crippen molar-refractivity contribution >= 4 is 27.4 Å². The van der Waals surface area contributed by atoms with Gasteiger partial charge in [-0.2, -0.15) is 4.31 Å². The molecule has 0 spiro atoms. The summed E-state index contributed by atoms with van der Waals surface area (Å²) in [6.45, 7) is 8.13. The zero-order valence-corrected chi connectivity index (χ0v) is 17.3. The third-order valence-corrected chi connectivity index (χ3v) is 6.91. The van der Waals surface area contributed by atoms with Crippen LogP contribution in [0.2, 0.25) is 0 Å². The first kappa shape index (κ1) is 21.1. The summed E-state index contributed by atoms with van der Waals surface area (Å²) >= 11 is 5.34. The molecule has 0 unspecified atom stereocenters. The lowest BCUT2D eigenvalue weighted by Gasteiger charge is -2.20. The standard InChI is InChI=1S/C18H29N3O3S2/c1-4-21(5-2)26(22,23)17-10-8-15(9-11-17)14(3)20-18(25)19-13-16-7-6-12-24-16/h8-11,14,16H,4-7,12-13H2,1-3H3,(H2,19,20,25)/t14-,16-/m0/s1. The van der Waals surface area contributed by atoms with Crippen LogP contribution in [0.25, 0.3) is 0 Å². The number of rotatable bonds is 8. The lowest BCUT2D eigenvalue weighted by molar-refractivity contribution is 0.114. The van der Waals surface area contributed by atoms with Gasteiger partial charge in [0.25, 0.3) is 0 Å². The van der Waals surface area contributed by atoms with Gasteiger partial charge in [0.1, 0.15) is 0 Å². The van der Waals surface area contributed by atoms with Gasteiger partial charge in [-0.1, -0.05) is 26.0 Å². The average molecular weight is 400 g/mol. The second-order valence-electron chi connectivity index (χ2n) is 6.37. The van der Waals surface area contributed by atoms with Crippen molar-refractivity contribution < 1.29 is 13.2 Å². The summed E-state index contributed by atoms with van der Waals surface area (Å²) in [6, 6.07) is 6.95. The minimum atomic E-state index is -3.42. The quantitative estimate of drug-likeness (QED) is 0.654. The highest BCUT2D eigenvalue weighted by molar-refractivity contribution is 7.89. The van der Waals surface area contributed by atoms with Gasteiger partial charge in [0.15, 0.2) is 5.11 Å². The molecule has 2 N–H and O–H groups in total. The summed E-state index contributed by atoms with van der Waals surface area (Å²) in [4.78, 5) is 0.316. The summed E-state index contributed by atoms with van der Waals surface area (Å²) in [5.41, 5.74) is 0.977. The SMILES string of the molecule is CCN(CC)S(=O)(=O)c1ccc([C@H](C)NC(=S)NC[C@@H]2CCCO2)cc1. The third kappa shape index (κ3) is 5.39. The molecule has 146 valence electrons. The molecule has 0 bridgehead atoms. The van der Waals surface area contributed by atoms with Crippen molar-refractivity contribution in [1.82, 2.24) is 14.9 Å². The highest BCUT2D eigenvalue weighted by Gasteiger charge is 2.21. The van der Waals surface area contributed by atoms with Crippen molar-refractivity contribution in [3.05, 3.63) is 29.8 Å². The zero-order chi connectivity index (χ0) is 19.2. The van der Waals surface area contributed by atoms with E-state index in [1.165, 1.54) is 4.31 Å². The van der Waals surface area contributed by atoms with Crippen LogP contribution in [-0.2, 0) is 14.8 Å². The molecule has 1 saturated heterocycles. The molecule has 1 fully saturated rings. The van der Waals surface area contributed by atoms with E-state index in [0.717, 1.165) is 25.0 Å². The summed E-state index contributed by atoms with van der Waals surface area (Å²) in [5, 5.41) is 6.99. The predicted molar refractivity (Wildman–Crippen MR) is 108 cm³/mol. The van der Waals surface area contributed by atoms with Crippen molar-refractivity contribution in [1.29, 1.82) is 0 Å². The van der Waals surface area contributed by atoms with E-state index < -0.39 is 10.0 Å². The molecule has 1 aliphatic heterocycles. The molecule has 1 heterocycles. The summed E-state index contributed by atoms with van der Waals surface area (Å²) in [6.07, 6.45) is 2.40. The largest absolute Gasteiger partial charge is 0.376 e. The van der Waals surface area contributed by atoms with Gasteiger partial charge in [-0.15, -0.1) is 0 Å². The van der Waals surface area contributed by atoms with Crippen LogP contribution >= 0.6 is 12.2 Å². The number of sulfonamides is 1. The maximum absolute atomic E-state index is 12.5. The predicted octanol–water partition coefficient (Wildman–Crippen LogP) is 2.42. The number of hydrogen-bond donors (Lipinski definition) is 2. The van der Waals surface area contributed by atoms with E-state index in [-0.39, 0.29) is 12.1 Å². The molecule has 0 amide bonds. The lowest BCUT2D eigenvalue weighted by Crippen LogP contribution is -2.40. The van der Waals surface area contributed by atoms with Crippen LogP contribution in [0.3, 0.4) is 0 Å². The molecule has 6 nitrogen and oxygen atoms in total. The molecule has 2 atom stereocenters. The second kappa shape index (κ2) is 9.64. The number of thiocarbonyl (C=S) groups is 1. The maximum atomic E-state index is 12.5. The monoisotopic (exact) mass is 399 g/mol. The Morgan fingerprint density at radius 3 is 2.50 bits per heavy atom. The van der Waals surface area contributed by atoms with Crippen molar-refractivity contribution in [2.75, 3.05) is 26.2 Å². The molecule has 8 heteroatoms. The summed E-state index contributed by atoms with van der Waals surface area (Å²) in [5.74, 6) is 0. The van der Waals surface area contributed by atoms with Crippen LogP contribution in [0.15, 0.2) is 29.2 Å².